The third kappa shape index (κ3) is 4.69. The number of hydrogen-bond donors (Lipinski definition) is 2. The molecule has 0 aliphatic carbocycles. The highest BCUT2D eigenvalue weighted by Crippen LogP contribution is 2.25. The van der Waals surface area contributed by atoms with Gasteiger partial charge in [0, 0.05) is 31.7 Å². The first kappa shape index (κ1) is 20.9. The summed E-state index contributed by atoms with van der Waals surface area (Å²) in [6, 6.07) is 4.89. The highest BCUT2D eigenvalue weighted by atomic mass is 35.5. The minimum absolute atomic E-state index is 0. The molecule has 1 atom stereocenters. The predicted molar refractivity (Wildman–Crippen MR) is 98.2 cm³/mol. The smallest absolute Gasteiger partial charge is 0.243 e. The van der Waals surface area contributed by atoms with Crippen molar-refractivity contribution in [3.63, 3.8) is 0 Å². The predicted octanol–water partition coefficient (Wildman–Crippen LogP) is 2.14. The van der Waals surface area contributed by atoms with Gasteiger partial charge in [0.2, 0.25) is 15.9 Å². The number of sulfonamides is 1. The van der Waals surface area contributed by atoms with Crippen LogP contribution in [0.4, 0.5) is 5.69 Å². The van der Waals surface area contributed by atoms with E-state index in [0.29, 0.717) is 18.8 Å². The molecule has 8 heteroatoms. The number of halogens is 1. The first-order chi connectivity index (χ1) is 10.9. The number of hydrogen-bond acceptors (Lipinski definition) is 4. The van der Waals surface area contributed by atoms with E-state index in [4.69, 9.17) is 0 Å². The Balaban J connectivity index is 0.00000288. The Bertz CT molecular complexity index is 673. The molecule has 24 heavy (non-hydrogen) atoms. The molecule has 1 fully saturated rings. The van der Waals surface area contributed by atoms with Crippen molar-refractivity contribution >= 4 is 34.0 Å². The molecule has 1 aliphatic rings. The van der Waals surface area contributed by atoms with Crippen molar-refractivity contribution in [1.29, 1.82) is 0 Å². The van der Waals surface area contributed by atoms with Crippen LogP contribution in [-0.4, -0.2) is 44.3 Å². The lowest BCUT2D eigenvalue weighted by Gasteiger charge is -2.27. The van der Waals surface area contributed by atoms with Crippen molar-refractivity contribution in [3.8, 4) is 0 Å². The largest absolute Gasteiger partial charge is 0.326 e. The van der Waals surface area contributed by atoms with Crippen LogP contribution in [0.3, 0.4) is 0 Å². The summed E-state index contributed by atoms with van der Waals surface area (Å²) in [6.45, 7) is 7.25. The lowest BCUT2D eigenvalue weighted by Crippen LogP contribution is -2.42. The van der Waals surface area contributed by atoms with Gasteiger partial charge in [-0.3, -0.25) is 4.79 Å². The van der Waals surface area contributed by atoms with Gasteiger partial charge in [-0.2, -0.15) is 4.31 Å². The third-order valence-corrected chi connectivity index (χ3v) is 5.96. The molecule has 0 bridgehead atoms. The summed E-state index contributed by atoms with van der Waals surface area (Å²) in [6.07, 6.45) is 1.59. The lowest BCUT2D eigenvalue weighted by molar-refractivity contribution is -0.114. The fourth-order valence-corrected chi connectivity index (χ4v) is 4.60. The van der Waals surface area contributed by atoms with Crippen LogP contribution < -0.4 is 10.6 Å². The Labute approximate surface area is 150 Å². The maximum absolute atomic E-state index is 13.0. The lowest BCUT2D eigenvalue weighted by atomic mass is 10.2. The normalized spacial score (nSPS) is 17.6. The van der Waals surface area contributed by atoms with Gasteiger partial charge < -0.3 is 10.6 Å². The Morgan fingerprint density at radius 1 is 1.42 bits per heavy atom. The number of carbonyl (C=O) groups excluding carboxylic acids is 1. The zero-order chi connectivity index (χ0) is 17.0. The zero-order valence-electron chi connectivity index (χ0n) is 14.3. The summed E-state index contributed by atoms with van der Waals surface area (Å²) < 4.78 is 27.7. The maximum atomic E-state index is 13.0. The second-order valence-corrected chi connectivity index (χ2v) is 7.81. The van der Waals surface area contributed by atoms with Crippen LogP contribution >= 0.6 is 12.4 Å². The Kier molecular flexibility index (Phi) is 7.66. The molecule has 0 radical (unpaired) electrons. The number of anilines is 1. The molecule has 136 valence electrons. The molecule has 0 aromatic heterocycles. The van der Waals surface area contributed by atoms with E-state index in [0.717, 1.165) is 24.9 Å². The van der Waals surface area contributed by atoms with Gasteiger partial charge >= 0.3 is 0 Å². The molecule has 1 unspecified atom stereocenters. The SMILES string of the molecule is CCCN(C1CCNC1)S(=O)(=O)c1ccc(C)c(NC(C)=O)c1.Cl. The van der Waals surface area contributed by atoms with Crippen molar-refractivity contribution in [2.45, 2.75) is 44.6 Å². The summed E-state index contributed by atoms with van der Waals surface area (Å²) in [5, 5.41) is 5.91. The minimum Gasteiger partial charge on any atom is -0.326 e. The first-order valence-corrected chi connectivity index (χ1v) is 9.41. The zero-order valence-corrected chi connectivity index (χ0v) is 16.0. The molecule has 6 nitrogen and oxygen atoms in total. The molecule has 1 aromatic carbocycles. The van der Waals surface area contributed by atoms with Crippen molar-refractivity contribution in [3.05, 3.63) is 23.8 Å². The van der Waals surface area contributed by atoms with Crippen LogP contribution in [0.2, 0.25) is 0 Å². The molecular weight excluding hydrogens is 350 g/mol. The number of rotatable bonds is 6. The summed E-state index contributed by atoms with van der Waals surface area (Å²) >= 11 is 0. The molecule has 1 saturated heterocycles. The molecule has 0 saturated carbocycles. The van der Waals surface area contributed by atoms with Gasteiger partial charge in [-0.25, -0.2) is 8.42 Å². The molecule has 0 spiro atoms. The molecular formula is C16H26ClN3O3S. The summed E-state index contributed by atoms with van der Waals surface area (Å²) in [5.41, 5.74) is 1.38. The van der Waals surface area contributed by atoms with E-state index < -0.39 is 10.0 Å². The van der Waals surface area contributed by atoms with E-state index >= 15 is 0 Å². The Hall–Kier alpha value is -1.15. The van der Waals surface area contributed by atoms with Crippen molar-refractivity contribution in [2.24, 2.45) is 0 Å². The number of aryl methyl sites for hydroxylation is 1. The second kappa shape index (κ2) is 8.80. The minimum atomic E-state index is -3.58. The van der Waals surface area contributed by atoms with Gasteiger partial charge in [0.15, 0.2) is 0 Å². The topological polar surface area (TPSA) is 78.5 Å². The maximum Gasteiger partial charge on any atom is 0.243 e. The number of benzene rings is 1. The molecule has 2 N–H and O–H groups in total. The average molecular weight is 376 g/mol. The number of nitrogens with zero attached hydrogens (tertiary/aromatic N) is 1. The van der Waals surface area contributed by atoms with E-state index in [1.807, 2.05) is 13.8 Å². The average Bonchev–Trinajstić information content (AvgIpc) is 3.00. The van der Waals surface area contributed by atoms with Crippen LogP contribution in [-0.2, 0) is 14.8 Å². The van der Waals surface area contributed by atoms with Crippen molar-refractivity contribution in [2.75, 3.05) is 25.0 Å². The van der Waals surface area contributed by atoms with Crippen LogP contribution in [0.1, 0.15) is 32.3 Å². The summed E-state index contributed by atoms with van der Waals surface area (Å²) in [7, 11) is -3.58. The fraction of sp³-hybridized carbons (Fsp3) is 0.562. The Morgan fingerprint density at radius 3 is 2.67 bits per heavy atom. The van der Waals surface area contributed by atoms with Gasteiger partial charge in [-0.1, -0.05) is 13.0 Å². The summed E-state index contributed by atoms with van der Waals surface area (Å²) in [5.74, 6) is -0.215. The van der Waals surface area contributed by atoms with Gasteiger partial charge in [0.1, 0.15) is 0 Å². The van der Waals surface area contributed by atoms with Crippen LogP contribution in [0.15, 0.2) is 23.1 Å². The molecule has 1 heterocycles. The monoisotopic (exact) mass is 375 g/mol. The first-order valence-electron chi connectivity index (χ1n) is 7.97. The van der Waals surface area contributed by atoms with E-state index in [1.165, 1.54) is 6.92 Å². The van der Waals surface area contributed by atoms with Gasteiger partial charge in [-0.05, 0) is 44.0 Å². The molecule has 1 aromatic rings. The van der Waals surface area contributed by atoms with Crippen LogP contribution in [0.25, 0.3) is 0 Å². The highest BCUT2D eigenvalue weighted by Gasteiger charge is 2.32. The van der Waals surface area contributed by atoms with Gasteiger partial charge in [0.05, 0.1) is 4.90 Å². The highest BCUT2D eigenvalue weighted by molar-refractivity contribution is 7.89. The Morgan fingerprint density at radius 2 is 2.12 bits per heavy atom. The van der Waals surface area contributed by atoms with Crippen molar-refractivity contribution in [1.82, 2.24) is 9.62 Å². The number of amides is 1. The molecule has 2 rings (SSSR count). The van der Waals surface area contributed by atoms with Gasteiger partial charge in [0.25, 0.3) is 0 Å². The van der Waals surface area contributed by atoms with Crippen LogP contribution in [0.5, 0.6) is 0 Å². The third-order valence-electron chi connectivity index (χ3n) is 4.01. The quantitative estimate of drug-likeness (QED) is 0.798. The number of carbonyl (C=O) groups is 1. The second-order valence-electron chi connectivity index (χ2n) is 5.92. The van der Waals surface area contributed by atoms with Crippen molar-refractivity contribution < 1.29 is 13.2 Å². The van der Waals surface area contributed by atoms with E-state index in [2.05, 4.69) is 10.6 Å². The van der Waals surface area contributed by atoms with E-state index in [9.17, 15) is 13.2 Å². The number of nitrogens with one attached hydrogen (secondary N) is 2. The van der Waals surface area contributed by atoms with E-state index in [1.54, 1.807) is 22.5 Å². The van der Waals surface area contributed by atoms with Gasteiger partial charge in [-0.15, -0.1) is 12.4 Å². The summed E-state index contributed by atoms with van der Waals surface area (Å²) in [4.78, 5) is 11.5. The fourth-order valence-electron chi connectivity index (χ4n) is 2.83. The van der Waals surface area contributed by atoms with Crippen LogP contribution in [0, 0.1) is 6.92 Å². The standard InChI is InChI=1S/C16H25N3O3S.ClH/c1-4-9-19(14-7-8-17-11-14)23(21,22)15-6-5-12(2)16(10-15)18-13(3)20;/h5-6,10,14,17H,4,7-9,11H2,1-3H3,(H,18,20);1H. The van der Waals surface area contributed by atoms with E-state index in [-0.39, 0.29) is 29.3 Å². The molecule has 1 aliphatic heterocycles. The molecule has 1 amide bonds.